The lowest BCUT2D eigenvalue weighted by Gasteiger charge is -1.92. The molecule has 0 aromatic carbocycles. The van der Waals surface area contributed by atoms with E-state index < -0.39 is 18.5 Å². The number of rotatable bonds is 5. The third kappa shape index (κ3) is 3.45. The van der Waals surface area contributed by atoms with Gasteiger partial charge in [-0.25, -0.2) is 9.59 Å². The molecule has 1 aromatic heterocycles. The average molecular weight is 227 g/mol. The van der Waals surface area contributed by atoms with Crippen LogP contribution in [0.1, 0.15) is 16.3 Å². The van der Waals surface area contributed by atoms with Gasteiger partial charge in [-0.1, -0.05) is 5.16 Å². The maximum absolute atomic E-state index is 11.0. The summed E-state index contributed by atoms with van der Waals surface area (Å²) in [5.74, 6) is -1.45. The lowest BCUT2D eigenvalue weighted by atomic mass is 10.4. The Kier molecular flexibility index (Phi) is 4.07. The first-order valence-corrected chi connectivity index (χ1v) is 4.18. The molecule has 16 heavy (non-hydrogen) atoms. The zero-order valence-corrected chi connectivity index (χ0v) is 8.37. The third-order valence-corrected chi connectivity index (χ3v) is 1.46. The zero-order valence-electron chi connectivity index (χ0n) is 8.37. The largest absolute Gasteiger partial charge is 0.479 e. The van der Waals surface area contributed by atoms with E-state index in [9.17, 15) is 9.59 Å². The number of ether oxygens (including phenoxy) is 1. The Balaban J connectivity index is 2.52. The summed E-state index contributed by atoms with van der Waals surface area (Å²) in [4.78, 5) is 25.4. The highest BCUT2D eigenvalue weighted by Crippen LogP contribution is 2.06. The van der Waals surface area contributed by atoms with E-state index in [0.717, 1.165) is 6.21 Å². The number of methoxy groups -OCH3 is 1. The number of hydrogen-bond acceptors (Lipinski definition) is 6. The molecule has 1 rings (SSSR count). The van der Waals surface area contributed by atoms with Crippen molar-refractivity contribution in [1.82, 2.24) is 0 Å². The molecule has 0 unspecified atom stereocenters. The van der Waals surface area contributed by atoms with Crippen LogP contribution in [0.15, 0.2) is 21.7 Å². The van der Waals surface area contributed by atoms with Crippen LogP contribution in [0.5, 0.6) is 0 Å². The number of carboxylic acid groups (broad SMARTS) is 1. The molecule has 0 aliphatic rings. The van der Waals surface area contributed by atoms with E-state index in [0.29, 0.717) is 0 Å². The second-order valence-corrected chi connectivity index (χ2v) is 2.60. The Morgan fingerprint density at radius 2 is 2.31 bits per heavy atom. The van der Waals surface area contributed by atoms with Crippen LogP contribution < -0.4 is 0 Å². The van der Waals surface area contributed by atoms with Crippen molar-refractivity contribution in [3.05, 3.63) is 23.7 Å². The van der Waals surface area contributed by atoms with Gasteiger partial charge in [-0.05, 0) is 12.1 Å². The number of carboxylic acids is 1. The number of carbonyl (C=O) groups is 2. The third-order valence-electron chi connectivity index (χ3n) is 1.46. The van der Waals surface area contributed by atoms with Gasteiger partial charge in [-0.15, -0.1) is 0 Å². The number of nitrogens with zero attached hydrogens (tertiary/aromatic N) is 1. The van der Waals surface area contributed by atoms with Crippen LogP contribution in [0.25, 0.3) is 0 Å². The summed E-state index contributed by atoms with van der Waals surface area (Å²) in [6.45, 7) is -0.541. The smallest absolute Gasteiger partial charge is 0.373 e. The van der Waals surface area contributed by atoms with E-state index >= 15 is 0 Å². The Hall–Kier alpha value is -2.31. The van der Waals surface area contributed by atoms with Gasteiger partial charge in [-0.2, -0.15) is 0 Å². The van der Waals surface area contributed by atoms with Crippen molar-refractivity contribution in [2.75, 3.05) is 13.7 Å². The molecule has 0 radical (unpaired) electrons. The molecule has 1 N–H and O–H groups in total. The maximum Gasteiger partial charge on any atom is 0.373 e. The van der Waals surface area contributed by atoms with Crippen LogP contribution in [0, 0.1) is 0 Å². The summed E-state index contributed by atoms with van der Waals surface area (Å²) >= 11 is 0. The molecular formula is C9H9NO6. The fourth-order valence-electron chi connectivity index (χ4n) is 0.814. The fraction of sp³-hybridized carbons (Fsp3) is 0.222. The van der Waals surface area contributed by atoms with Gasteiger partial charge in [0.05, 0.1) is 7.11 Å². The van der Waals surface area contributed by atoms with E-state index in [2.05, 4.69) is 14.7 Å². The average Bonchev–Trinajstić information content (AvgIpc) is 2.71. The Morgan fingerprint density at radius 3 is 2.94 bits per heavy atom. The first-order chi connectivity index (χ1) is 7.63. The van der Waals surface area contributed by atoms with Crippen LogP contribution in [-0.2, 0) is 14.4 Å². The molecular weight excluding hydrogens is 218 g/mol. The summed E-state index contributed by atoms with van der Waals surface area (Å²) in [6, 6.07) is 2.88. The number of esters is 1. The topological polar surface area (TPSA) is 98.3 Å². The molecule has 0 saturated heterocycles. The number of furan rings is 1. The van der Waals surface area contributed by atoms with Gasteiger partial charge in [0.1, 0.15) is 12.0 Å². The summed E-state index contributed by atoms with van der Waals surface area (Å²) in [5, 5.41) is 11.6. The van der Waals surface area contributed by atoms with Gasteiger partial charge in [0.15, 0.2) is 0 Å². The van der Waals surface area contributed by atoms with E-state index in [1.807, 2.05) is 0 Å². The van der Waals surface area contributed by atoms with Gasteiger partial charge in [-0.3, -0.25) is 0 Å². The molecule has 1 heterocycles. The van der Waals surface area contributed by atoms with Gasteiger partial charge in [0.25, 0.3) is 0 Å². The molecule has 0 fully saturated rings. The molecule has 7 nitrogen and oxygen atoms in total. The number of oxime groups is 1. The van der Waals surface area contributed by atoms with E-state index in [-0.39, 0.29) is 11.5 Å². The lowest BCUT2D eigenvalue weighted by Crippen LogP contribution is -2.03. The van der Waals surface area contributed by atoms with Crippen LogP contribution in [0.4, 0.5) is 0 Å². The standard InChI is InChI=1S/C9H9NO6/c1-14-9(13)7-3-2-6(16-7)4-10-15-5-8(11)12/h2-4H,5H2,1H3,(H,11,12). The van der Waals surface area contributed by atoms with Crippen molar-refractivity contribution in [2.24, 2.45) is 5.16 Å². The summed E-state index contributed by atoms with van der Waals surface area (Å²) in [7, 11) is 1.23. The van der Waals surface area contributed by atoms with Crippen molar-refractivity contribution in [3.8, 4) is 0 Å². The predicted molar refractivity (Wildman–Crippen MR) is 51.2 cm³/mol. The van der Waals surface area contributed by atoms with Crippen molar-refractivity contribution in [1.29, 1.82) is 0 Å². The molecule has 0 bridgehead atoms. The predicted octanol–water partition coefficient (Wildman–Crippen LogP) is 0.501. The van der Waals surface area contributed by atoms with Gasteiger partial charge >= 0.3 is 11.9 Å². The second kappa shape index (κ2) is 5.54. The molecule has 86 valence electrons. The van der Waals surface area contributed by atoms with Crippen molar-refractivity contribution in [3.63, 3.8) is 0 Å². The lowest BCUT2D eigenvalue weighted by molar-refractivity contribution is -0.142. The first-order valence-electron chi connectivity index (χ1n) is 4.18. The minimum atomic E-state index is -1.13. The summed E-state index contributed by atoms with van der Waals surface area (Å²) in [6.07, 6.45) is 1.15. The second-order valence-electron chi connectivity index (χ2n) is 2.60. The Labute approximate surface area is 90.2 Å². The molecule has 0 aliphatic carbocycles. The van der Waals surface area contributed by atoms with Crippen LogP contribution in [-0.4, -0.2) is 37.0 Å². The van der Waals surface area contributed by atoms with Crippen molar-refractivity contribution in [2.45, 2.75) is 0 Å². The molecule has 0 aliphatic heterocycles. The van der Waals surface area contributed by atoms with Crippen molar-refractivity contribution < 1.29 is 28.7 Å². The van der Waals surface area contributed by atoms with Crippen LogP contribution in [0.2, 0.25) is 0 Å². The van der Waals surface area contributed by atoms with Crippen molar-refractivity contribution >= 4 is 18.2 Å². The normalized spacial score (nSPS) is 10.3. The minimum absolute atomic E-state index is 0.0298. The first kappa shape index (κ1) is 11.8. The molecule has 7 heteroatoms. The van der Waals surface area contributed by atoms with E-state index in [1.54, 1.807) is 0 Å². The Morgan fingerprint density at radius 1 is 1.56 bits per heavy atom. The maximum atomic E-state index is 11.0. The van der Waals surface area contributed by atoms with Gasteiger partial charge in [0, 0.05) is 0 Å². The SMILES string of the molecule is COC(=O)c1ccc(C=NOCC(=O)O)o1. The monoisotopic (exact) mass is 227 g/mol. The number of aliphatic carboxylic acids is 1. The molecule has 1 aromatic rings. The van der Waals surface area contributed by atoms with Crippen LogP contribution in [0.3, 0.4) is 0 Å². The number of carbonyl (C=O) groups excluding carboxylic acids is 1. The highest BCUT2D eigenvalue weighted by atomic mass is 16.6. The quantitative estimate of drug-likeness (QED) is 0.446. The molecule has 0 atom stereocenters. The molecule has 0 amide bonds. The molecule has 0 saturated carbocycles. The summed E-state index contributed by atoms with van der Waals surface area (Å²) in [5.41, 5.74) is 0. The summed E-state index contributed by atoms with van der Waals surface area (Å²) < 4.78 is 9.41. The van der Waals surface area contributed by atoms with Crippen LogP contribution >= 0.6 is 0 Å². The Bertz CT molecular complexity index is 408. The highest BCUT2D eigenvalue weighted by Gasteiger charge is 2.09. The fourth-order valence-corrected chi connectivity index (χ4v) is 0.814. The van der Waals surface area contributed by atoms with E-state index in [4.69, 9.17) is 9.52 Å². The number of hydrogen-bond donors (Lipinski definition) is 1. The molecule has 0 spiro atoms. The minimum Gasteiger partial charge on any atom is -0.479 e. The van der Waals surface area contributed by atoms with E-state index in [1.165, 1.54) is 19.2 Å². The zero-order chi connectivity index (χ0) is 12.0. The van der Waals surface area contributed by atoms with Gasteiger partial charge in [0.2, 0.25) is 12.4 Å². The van der Waals surface area contributed by atoms with Gasteiger partial charge < -0.3 is 19.1 Å². The highest BCUT2D eigenvalue weighted by molar-refractivity contribution is 5.87.